The van der Waals surface area contributed by atoms with Gasteiger partial charge in [0.05, 0.1) is 12.6 Å². The first-order valence-corrected chi connectivity index (χ1v) is 11.5. The average molecular weight is 420 g/mol. The molecule has 5 heteroatoms. The highest BCUT2D eigenvalue weighted by molar-refractivity contribution is 7.10. The zero-order chi connectivity index (χ0) is 20.8. The van der Waals surface area contributed by atoms with E-state index in [-0.39, 0.29) is 18.0 Å². The fourth-order valence-corrected chi connectivity index (χ4v) is 4.86. The van der Waals surface area contributed by atoms with Gasteiger partial charge in [-0.15, -0.1) is 11.3 Å². The van der Waals surface area contributed by atoms with Crippen molar-refractivity contribution >= 4 is 17.2 Å². The number of nitrogens with zero attached hydrogens (tertiary/aromatic N) is 2. The SMILES string of the molecule is C[C@@H](NCC(=O)N1CCN(C(c2ccccc2)c2ccccc2)CC1)c1cccs1. The number of piperazine rings is 1. The van der Waals surface area contributed by atoms with Crippen molar-refractivity contribution in [2.24, 2.45) is 0 Å². The van der Waals surface area contributed by atoms with E-state index in [9.17, 15) is 4.79 Å². The second-order valence-corrected chi connectivity index (χ2v) is 8.74. The Morgan fingerprint density at radius 2 is 1.50 bits per heavy atom. The molecule has 4 nitrogen and oxygen atoms in total. The van der Waals surface area contributed by atoms with E-state index in [4.69, 9.17) is 0 Å². The molecule has 0 unspecified atom stereocenters. The van der Waals surface area contributed by atoms with Crippen molar-refractivity contribution in [2.75, 3.05) is 32.7 Å². The smallest absolute Gasteiger partial charge is 0.236 e. The quantitative estimate of drug-likeness (QED) is 0.619. The molecule has 0 saturated carbocycles. The van der Waals surface area contributed by atoms with Crippen LogP contribution in [-0.4, -0.2) is 48.4 Å². The molecule has 0 aliphatic carbocycles. The Labute approximate surface area is 183 Å². The van der Waals surface area contributed by atoms with Gasteiger partial charge in [-0.1, -0.05) is 66.7 Å². The van der Waals surface area contributed by atoms with Gasteiger partial charge in [0.1, 0.15) is 0 Å². The molecule has 2 aromatic carbocycles. The molecule has 1 aliphatic rings. The Kier molecular flexibility index (Phi) is 6.95. The van der Waals surface area contributed by atoms with Crippen LogP contribution < -0.4 is 5.32 Å². The van der Waals surface area contributed by atoms with Crippen molar-refractivity contribution in [3.63, 3.8) is 0 Å². The van der Waals surface area contributed by atoms with Crippen LogP contribution in [0.4, 0.5) is 0 Å². The van der Waals surface area contributed by atoms with E-state index in [2.05, 4.69) is 95.3 Å². The van der Waals surface area contributed by atoms with E-state index in [1.807, 2.05) is 4.90 Å². The number of amides is 1. The van der Waals surface area contributed by atoms with Crippen molar-refractivity contribution in [1.29, 1.82) is 0 Å². The first kappa shape index (κ1) is 20.8. The monoisotopic (exact) mass is 419 g/mol. The average Bonchev–Trinajstić information content (AvgIpc) is 3.35. The second-order valence-electron chi connectivity index (χ2n) is 7.76. The zero-order valence-corrected chi connectivity index (χ0v) is 18.2. The van der Waals surface area contributed by atoms with Crippen molar-refractivity contribution in [2.45, 2.75) is 19.0 Å². The Morgan fingerprint density at radius 3 is 2.03 bits per heavy atom. The van der Waals surface area contributed by atoms with Gasteiger partial charge in [0.2, 0.25) is 5.91 Å². The van der Waals surface area contributed by atoms with Crippen molar-refractivity contribution in [1.82, 2.24) is 15.1 Å². The third-order valence-electron chi connectivity index (χ3n) is 5.79. The Hall–Kier alpha value is -2.47. The summed E-state index contributed by atoms with van der Waals surface area (Å²) in [6.07, 6.45) is 0. The summed E-state index contributed by atoms with van der Waals surface area (Å²) in [5.41, 5.74) is 2.60. The molecule has 1 saturated heterocycles. The van der Waals surface area contributed by atoms with Crippen LogP contribution in [0.2, 0.25) is 0 Å². The van der Waals surface area contributed by atoms with Crippen LogP contribution in [0.15, 0.2) is 78.2 Å². The molecule has 30 heavy (non-hydrogen) atoms. The highest BCUT2D eigenvalue weighted by atomic mass is 32.1. The molecule has 4 rings (SSSR count). The fraction of sp³-hybridized carbons (Fsp3) is 0.320. The fourth-order valence-electron chi connectivity index (χ4n) is 4.10. The van der Waals surface area contributed by atoms with Crippen LogP contribution in [0.25, 0.3) is 0 Å². The molecule has 3 aromatic rings. The number of carbonyl (C=O) groups excluding carboxylic acids is 1. The predicted molar refractivity (Wildman–Crippen MR) is 124 cm³/mol. The number of nitrogens with one attached hydrogen (secondary N) is 1. The van der Waals surface area contributed by atoms with Crippen LogP contribution >= 0.6 is 11.3 Å². The molecule has 1 aliphatic heterocycles. The number of rotatable bonds is 7. The number of thiophene rings is 1. The summed E-state index contributed by atoms with van der Waals surface area (Å²) in [5.74, 6) is 0.189. The van der Waals surface area contributed by atoms with Crippen molar-refractivity contribution < 1.29 is 4.79 Å². The molecule has 1 atom stereocenters. The molecule has 0 bridgehead atoms. The lowest BCUT2D eigenvalue weighted by atomic mass is 9.96. The first-order valence-electron chi connectivity index (χ1n) is 10.6. The minimum absolute atomic E-state index is 0.189. The summed E-state index contributed by atoms with van der Waals surface area (Å²) in [5, 5.41) is 5.45. The van der Waals surface area contributed by atoms with Gasteiger partial charge in [0.15, 0.2) is 0 Å². The summed E-state index contributed by atoms with van der Waals surface area (Å²) < 4.78 is 0. The van der Waals surface area contributed by atoms with Crippen molar-refractivity contribution in [3.8, 4) is 0 Å². The van der Waals surface area contributed by atoms with Crippen LogP contribution in [-0.2, 0) is 4.79 Å². The molecule has 0 spiro atoms. The molecular weight excluding hydrogens is 390 g/mol. The lowest BCUT2D eigenvalue weighted by Gasteiger charge is -2.40. The first-order chi connectivity index (χ1) is 14.7. The molecule has 0 radical (unpaired) electrons. The Morgan fingerprint density at radius 1 is 0.900 bits per heavy atom. The van der Waals surface area contributed by atoms with E-state index in [0.717, 1.165) is 26.2 Å². The van der Waals surface area contributed by atoms with Crippen LogP contribution in [0.5, 0.6) is 0 Å². The summed E-state index contributed by atoms with van der Waals surface area (Å²) in [6.45, 7) is 5.79. The molecule has 1 fully saturated rings. The highest BCUT2D eigenvalue weighted by Gasteiger charge is 2.28. The molecule has 1 N–H and O–H groups in total. The van der Waals surface area contributed by atoms with Gasteiger partial charge >= 0.3 is 0 Å². The van der Waals surface area contributed by atoms with E-state index >= 15 is 0 Å². The molecule has 2 heterocycles. The van der Waals surface area contributed by atoms with E-state index in [1.54, 1.807) is 11.3 Å². The Balaban J connectivity index is 1.37. The summed E-state index contributed by atoms with van der Waals surface area (Å²) in [7, 11) is 0. The van der Waals surface area contributed by atoms with Gasteiger partial charge < -0.3 is 10.2 Å². The van der Waals surface area contributed by atoms with E-state index < -0.39 is 0 Å². The Bertz CT molecular complexity index is 867. The van der Waals surface area contributed by atoms with Gasteiger partial charge in [-0.25, -0.2) is 0 Å². The van der Waals surface area contributed by atoms with Crippen LogP contribution in [0.1, 0.15) is 35.0 Å². The number of hydrogen-bond donors (Lipinski definition) is 1. The van der Waals surface area contributed by atoms with E-state index in [0.29, 0.717) is 6.54 Å². The van der Waals surface area contributed by atoms with Gasteiger partial charge in [0.25, 0.3) is 0 Å². The van der Waals surface area contributed by atoms with Gasteiger partial charge in [-0.05, 0) is 29.5 Å². The largest absolute Gasteiger partial charge is 0.339 e. The van der Waals surface area contributed by atoms with Crippen LogP contribution in [0.3, 0.4) is 0 Å². The molecule has 156 valence electrons. The number of hydrogen-bond acceptors (Lipinski definition) is 4. The van der Waals surface area contributed by atoms with Gasteiger partial charge in [-0.2, -0.15) is 0 Å². The summed E-state index contributed by atoms with van der Waals surface area (Å²) >= 11 is 1.72. The molecule has 1 aromatic heterocycles. The van der Waals surface area contributed by atoms with Crippen molar-refractivity contribution in [3.05, 3.63) is 94.2 Å². The highest BCUT2D eigenvalue weighted by Crippen LogP contribution is 2.29. The minimum Gasteiger partial charge on any atom is -0.339 e. The van der Waals surface area contributed by atoms with Crippen LogP contribution in [0, 0.1) is 0 Å². The van der Waals surface area contributed by atoms with E-state index in [1.165, 1.54) is 16.0 Å². The van der Waals surface area contributed by atoms with Gasteiger partial charge in [0, 0.05) is 37.1 Å². The normalized spacial score (nSPS) is 16.0. The minimum atomic E-state index is 0.189. The van der Waals surface area contributed by atoms with Gasteiger partial charge in [-0.3, -0.25) is 9.69 Å². The molecule has 1 amide bonds. The molecular formula is C25H29N3OS. The lowest BCUT2D eigenvalue weighted by Crippen LogP contribution is -2.51. The summed E-state index contributed by atoms with van der Waals surface area (Å²) in [4.78, 5) is 18.5. The zero-order valence-electron chi connectivity index (χ0n) is 17.4. The topological polar surface area (TPSA) is 35.6 Å². The third kappa shape index (κ3) is 4.98. The maximum Gasteiger partial charge on any atom is 0.236 e. The standard InChI is InChI=1S/C25H29N3OS/c1-20(23-13-8-18-30-23)26-19-24(29)27-14-16-28(17-15-27)25(21-9-4-2-5-10-21)22-11-6-3-7-12-22/h2-13,18,20,25-26H,14-17,19H2,1H3/t20-/m1/s1. The third-order valence-corrected chi connectivity index (χ3v) is 6.85. The maximum absolute atomic E-state index is 12.7. The second kappa shape index (κ2) is 10.0. The lowest BCUT2D eigenvalue weighted by molar-refractivity contribution is -0.132. The predicted octanol–water partition coefficient (Wildman–Crippen LogP) is 4.33. The maximum atomic E-state index is 12.7. The number of carbonyl (C=O) groups is 1. The number of benzene rings is 2. The summed E-state index contributed by atoms with van der Waals surface area (Å²) in [6, 6.07) is 25.9.